The van der Waals surface area contributed by atoms with Crippen molar-refractivity contribution in [2.75, 3.05) is 6.61 Å². The van der Waals surface area contributed by atoms with Crippen LogP contribution in [0.15, 0.2) is 30.6 Å². The van der Waals surface area contributed by atoms with Crippen molar-refractivity contribution in [3.8, 4) is 0 Å². The lowest BCUT2D eigenvalue weighted by Crippen LogP contribution is -2.62. The summed E-state index contributed by atoms with van der Waals surface area (Å²) in [6.45, 7) is 2.29. The fourth-order valence-corrected chi connectivity index (χ4v) is 3.22. The number of rotatable bonds is 6. The molecule has 2 saturated heterocycles. The van der Waals surface area contributed by atoms with Crippen LogP contribution in [-0.2, 0) is 19.0 Å². The molecule has 1 aromatic rings. The number of hydrogen-bond donors (Lipinski definition) is 2. The number of fused-ring (bicyclic) bond motifs is 1. The molecule has 3 heterocycles. The highest BCUT2D eigenvalue weighted by Gasteiger charge is 2.48. The molecule has 26 heavy (non-hydrogen) atoms. The van der Waals surface area contributed by atoms with Crippen molar-refractivity contribution in [1.82, 2.24) is 4.98 Å². The number of aliphatic hydroxyl groups excluding tert-OH is 2. The van der Waals surface area contributed by atoms with E-state index in [1.54, 1.807) is 24.5 Å². The Morgan fingerprint density at radius 3 is 2.92 bits per heavy atom. The van der Waals surface area contributed by atoms with Gasteiger partial charge in [0.05, 0.1) is 12.7 Å². The van der Waals surface area contributed by atoms with Gasteiger partial charge < -0.3 is 24.4 Å². The van der Waals surface area contributed by atoms with Crippen molar-refractivity contribution in [1.29, 1.82) is 0 Å². The quantitative estimate of drug-likeness (QED) is 0.730. The van der Waals surface area contributed by atoms with E-state index < -0.39 is 36.8 Å². The molecule has 142 valence electrons. The summed E-state index contributed by atoms with van der Waals surface area (Å²) in [5.74, 6) is -0.204. The number of hydrogen-bond acceptors (Lipinski definition) is 7. The molecule has 0 spiro atoms. The number of ketones is 1. The second-order valence-electron chi connectivity index (χ2n) is 6.64. The molecule has 3 rings (SSSR count). The maximum atomic E-state index is 12.2. The summed E-state index contributed by atoms with van der Waals surface area (Å²) in [5.41, 5.74) is 0.808. The predicted molar refractivity (Wildman–Crippen MR) is 93.1 cm³/mol. The normalized spacial score (nSPS) is 34.6. The van der Waals surface area contributed by atoms with Crippen molar-refractivity contribution in [2.24, 2.45) is 0 Å². The van der Waals surface area contributed by atoms with Gasteiger partial charge in [0.25, 0.3) is 0 Å². The van der Waals surface area contributed by atoms with Crippen LogP contribution in [0, 0.1) is 0 Å². The zero-order valence-corrected chi connectivity index (χ0v) is 14.7. The van der Waals surface area contributed by atoms with Crippen molar-refractivity contribution in [3.05, 3.63) is 36.2 Å². The highest BCUT2D eigenvalue weighted by Crippen LogP contribution is 2.30. The molecule has 0 amide bonds. The molecule has 2 aliphatic heterocycles. The number of aromatic nitrogens is 1. The Balaban J connectivity index is 1.58. The Bertz CT molecular complexity index is 620. The lowest BCUT2D eigenvalue weighted by molar-refractivity contribution is -0.325. The number of aliphatic hydroxyl groups is 2. The number of nitrogens with zero attached hydrogens (tertiary/aromatic N) is 1. The first-order valence-corrected chi connectivity index (χ1v) is 8.98. The van der Waals surface area contributed by atoms with Crippen LogP contribution in [-0.4, -0.2) is 64.4 Å². The minimum Gasteiger partial charge on any atom is -0.388 e. The van der Waals surface area contributed by atoms with E-state index in [2.05, 4.69) is 4.98 Å². The first kappa shape index (κ1) is 19.1. The molecule has 0 saturated carbocycles. The second-order valence-corrected chi connectivity index (χ2v) is 6.64. The molecule has 0 unspecified atom stereocenters. The van der Waals surface area contributed by atoms with Gasteiger partial charge in [0.2, 0.25) is 0 Å². The largest absolute Gasteiger partial charge is 0.388 e. The fraction of sp³-hybridized carbons (Fsp3) is 0.579. The van der Waals surface area contributed by atoms with E-state index in [-0.39, 0.29) is 18.8 Å². The average Bonchev–Trinajstić information content (AvgIpc) is 2.66. The summed E-state index contributed by atoms with van der Waals surface area (Å²) in [5, 5.41) is 20.7. The molecular formula is C19H25NO6. The van der Waals surface area contributed by atoms with Crippen LogP contribution in [0.25, 0.3) is 6.08 Å². The van der Waals surface area contributed by atoms with Crippen LogP contribution in [0.4, 0.5) is 0 Å². The van der Waals surface area contributed by atoms with Crippen molar-refractivity contribution >= 4 is 11.9 Å². The lowest BCUT2D eigenvalue weighted by Gasteiger charge is -2.46. The van der Waals surface area contributed by atoms with Gasteiger partial charge in [-0.25, -0.2) is 0 Å². The number of carbonyl (C=O) groups is 1. The third-order valence-corrected chi connectivity index (χ3v) is 4.61. The Morgan fingerprint density at radius 2 is 2.19 bits per heavy atom. The zero-order chi connectivity index (χ0) is 18.5. The summed E-state index contributed by atoms with van der Waals surface area (Å²) in [4.78, 5) is 16.2. The van der Waals surface area contributed by atoms with Gasteiger partial charge in [0.15, 0.2) is 12.1 Å². The molecule has 7 nitrogen and oxygen atoms in total. The molecule has 0 radical (unpaired) electrons. The number of carbonyl (C=O) groups excluding carboxylic acids is 1. The zero-order valence-electron chi connectivity index (χ0n) is 14.7. The van der Waals surface area contributed by atoms with Crippen molar-refractivity contribution < 1.29 is 29.2 Å². The van der Waals surface area contributed by atoms with E-state index in [1.165, 1.54) is 6.08 Å². The van der Waals surface area contributed by atoms with Gasteiger partial charge in [-0.3, -0.25) is 9.78 Å². The molecule has 2 aliphatic rings. The van der Waals surface area contributed by atoms with E-state index in [0.717, 1.165) is 12.0 Å². The molecule has 0 bridgehead atoms. The van der Waals surface area contributed by atoms with Crippen molar-refractivity contribution in [3.63, 3.8) is 0 Å². The van der Waals surface area contributed by atoms with Gasteiger partial charge in [-0.05, 0) is 30.2 Å². The third-order valence-electron chi connectivity index (χ3n) is 4.61. The fourth-order valence-electron chi connectivity index (χ4n) is 3.22. The SMILES string of the molecule is CCC[C@@H]1OC[C@H]2O[C@@H](CC(=O)/C=C/c3cccnc3)[C@H](O)[C@@H](O)[C@@H]2O1. The van der Waals surface area contributed by atoms with Crippen LogP contribution in [0.1, 0.15) is 31.7 Å². The maximum absolute atomic E-state index is 12.2. The highest BCUT2D eigenvalue weighted by molar-refractivity contribution is 5.93. The predicted octanol–water partition coefficient (Wildman–Crippen LogP) is 1.08. The highest BCUT2D eigenvalue weighted by atomic mass is 16.7. The summed E-state index contributed by atoms with van der Waals surface area (Å²) in [7, 11) is 0. The van der Waals surface area contributed by atoms with E-state index in [9.17, 15) is 15.0 Å². The smallest absolute Gasteiger partial charge is 0.158 e. The number of pyridine rings is 1. The lowest BCUT2D eigenvalue weighted by atomic mass is 9.91. The molecule has 0 aliphatic carbocycles. The van der Waals surface area contributed by atoms with E-state index in [0.29, 0.717) is 6.42 Å². The molecule has 1 aromatic heterocycles. The Hall–Kier alpha value is -1.64. The molecular weight excluding hydrogens is 338 g/mol. The van der Waals surface area contributed by atoms with Gasteiger partial charge in [-0.1, -0.05) is 19.4 Å². The summed E-state index contributed by atoms with van der Waals surface area (Å²) >= 11 is 0. The average molecular weight is 363 g/mol. The van der Waals surface area contributed by atoms with E-state index in [4.69, 9.17) is 14.2 Å². The molecule has 2 N–H and O–H groups in total. The topological polar surface area (TPSA) is 98.1 Å². The summed E-state index contributed by atoms with van der Waals surface area (Å²) in [6.07, 6.45) is 3.32. The Kier molecular flexibility index (Phi) is 6.50. The van der Waals surface area contributed by atoms with Gasteiger partial charge in [0.1, 0.15) is 24.4 Å². The standard InChI is InChI=1S/C19H25NO6/c1-2-4-16-24-11-15-19(26-16)18(23)17(22)14(25-15)9-13(21)7-6-12-5-3-8-20-10-12/h3,5-8,10,14-19,22-23H,2,4,9,11H2,1H3/b7-6+/t14-,15+,16+,17-,18+,19+/m0/s1. The molecule has 0 aromatic carbocycles. The third kappa shape index (κ3) is 4.55. The van der Waals surface area contributed by atoms with Gasteiger partial charge in [0, 0.05) is 18.8 Å². The minimum absolute atomic E-state index is 0.0312. The summed E-state index contributed by atoms with van der Waals surface area (Å²) in [6, 6.07) is 3.62. The van der Waals surface area contributed by atoms with Gasteiger partial charge in [-0.15, -0.1) is 0 Å². The van der Waals surface area contributed by atoms with Crippen LogP contribution in [0.5, 0.6) is 0 Å². The Labute approximate surface area is 152 Å². The van der Waals surface area contributed by atoms with Crippen LogP contribution in [0.3, 0.4) is 0 Å². The van der Waals surface area contributed by atoms with Crippen LogP contribution < -0.4 is 0 Å². The van der Waals surface area contributed by atoms with Gasteiger partial charge in [-0.2, -0.15) is 0 Å². The number of allylic oxidation sites excluding steroid dienone is 1. The first-order valence-electron chi connectivity index (χ1n) is 8.98. The van der Waals surface area contributed by atoms with Crippen molar-refractivity contribution in [2.45, 2.75) is 63.0 Å². The van der Waals surface area contributed by atoms with Crippen LogP contribution in [0.2, 0.25) is 0 Å². The number of ether oxygens (including phenoxy) is 3. The van der Waals surface area contributed by atoms with Crippen LogP contribution >= 0.6 is 0 Å². The molecule has 6 atom stereocenters. The maximum Gasteiger partial charge on any atom is 0.158 e. The van der Waals surface area contributed by atoms with Gasteiger partial charge >= 0.3 is 0 Å². The van der Waals surface area contributed by atoms with E-state index >= 15 is 0 Å². The Morgan fingerprint density at radius 1 is 1.35 bits per heavy atom. The van der Waals surface area contributed by atoms with E-state index in [1.807, 2.05) is 13.0 Å². The minimum atomic E-state index is -1.19. The second kappa shape index (κ2) is 8.83. The first-order chi connectivity index (χ1) is 12.6. The monoisotopic (exact) mass is 363 g/mol. The molecule has 7 heteroatoms. The molecule has 2 fully saturated rings. The summed E-state index contributed by atoms with van der Waals surface area (Å²) < 4.78 is 17.1.